The third-order valence-corrected chi connectivity index (χ3v) is 2.66. The van der Waals surface area contributed by atoms with Crippen molar-refractivity contribution in [3.8, 4) is 5.75 Å². The van der Waals surface area contributed by atoms with Gasteiger partial charge in [-0.3, -0.25) is 10.1 Å². The van der Waals surface area contributed by atoms with Gasteiger partial charge in [-0.1, -0.05) is 25.4 Å². The molecule has 0 aromatic heterocycles. The smallest absolute Gasteiger partial charge is 0.291 e. The molecule has 18 heavy (non-hydrogen) atoms. The molecule has 0 saturated carbocycles. The standard InChI is InChI=1S/C12H17ClN2O3/c1-8(2)7-18-12-10(14(3)4)6-5-9(11(12)13)15(16)17/h5-6,8H,7H2,1-4H3. The zero-order chi connectivity index (χ0) is 13.9. The van der Waals surface area contributed by atoms with Crippen molar-refractivity contribution in [2.24, 2.45) is 5.92 Å². The molecule has 5 nitrogen and oxygen atoms in total. The molecular weight excluding hydrogens is 256 g/mol. The van der Waals surface area contributed by atoms with Crippen LogP contribution in [0.2, 0.25) is 5.02 Å². The van der Waals surface area contributed by atoms with Gasteiger partial charge in [0.05, 0.1) is 17.2 Å². The highest BCUT2D eigenvalue weighted by Crippen LogP contribution is 2.41. The molecule has 1 aromatic rings. The van der Waals surface area contributed by atoms with E-state index in [1.54, 1.807) is 6.07 Å². The maximum absolute atomic E-state index is 10.8. The average Bonchev–Trinajstić information content (AvgIpc) is 2.25. The molecule has 0 fully saturated rings. The zero-order valence-electron chi connectivity index (χ0n) is 10.9. The Morgan fingerprint density at radius 2 is 2.06 bits per heavy atom. The van der Waals surface area contributed by atoms with E-state index in [-0.39, 0.29) is 10.7 Å². The number of hydrogen-bond donors (Lipinski definition) is 0. The lowest BCUT2D eigenvalue weighted by Crippen LogP contribution is -2.13. The Balaban J connectivity index is 3.22. The van der Waals surface area contributed by atoms with Crippen molar-refractivity contribution >= 4 is 23.0 Å². The quantitative estimate of drug-likeness (QED) is 0.609. The molecule has 1 rings (SSSR count). The summed E-state index contributed by atoms with van der Waals surface area (Å²) in [7, 11) is 3.67. The Morgan fingerprint density at radius 1 is 1.44 bits per heavy atom. The average molecular weight is 273 g/mol. The second-order valence-corrected chi connectivity index (χ2v) is 4.98. The first-order valence-electron chi connectivity index (χ1n) is 5.61. The summed E-state index contributed by atoms with van der Waals surface area (Å²) in [5, 5.41) is 10.9. The molecule has 0 amide bonds. The first kappa shape index (κ1) is 14.6. The van der Waals surface area contributed by atoms with Crippen molar-refractivity contribution in [3.63, 3.8) is 0 Å². The van der Waals surface area contributed by atoms with Crippen molar-refractivity contribution in [2.45, 2.75) is 13.8 Å². The lowest BCUT2D eigenvalue weighted by atomic mass is 10.2. The molecule has 0 saturated heterocycles. The minimum absolute atomic E-state index is 0.0480. The molecule has 0 aliphatic rings. The highest BCUT2D eigenvalue weighted by molar-refractivity contribution is 6.34. The minimum Gasteiger partial charge on any atom is -0.489 e. The van der Waals surface area contributed by atoms with Crippen LogP contribution >= 0.6 is 11.6 Å². The normalized spacial score (nSPS) is 10.6. The molecule has 0 aliphatic heterocycles. The van der Waals surface area contributed by atoms with E-state index < -0.39 is 4.92 Å². The van der Waals surface area contributed by atoms with Crippen LogP contribution in [0.3, 0.4) is 0 Å². The van der Waals surface area contributed by atoms with E-state index >= 15 is 0 Å². The van der Waals surface area contributed by atoms with Crippen LogP contribution in [0.15, 0.2) is 12.1 Å². The fourth-order valence-electron chi connectivity index (χ4n) is 1.42. The van der Waals surface area contributed by atoms with Gasteiger partial charge in [-0.2, -0.15) is 0 Å². The fraction of sp³-hybridized carbons (Fsp3) is 0.500. The van der Waals surface area contributed by atoms with Crippen LogP contribution in [0, 0.1) is 16.0 Å². The van der Waals surface area contributed by atoms with Crippen LogP contribution in [-0.2, 0) is 0 Å². The lowest BCUT2D eigenvalue weighted by Gasteiger charge is -2.19. The number of ether oxygens (including phenoxy) is 1. The van der Waals surface area contributed by atoms with Crippen LogP contribution < -0.4 is 9.64 Å². The number of nitro benzene ring substituents is 1. The zero-order valence-corrected chi connectivity index (χ0v) is 11.7. The number of halogens is 1. The summed E-state index contributed by atoms with van der Waals surface area (Å²) in [6.45, 7) is 4.46. The van der Waals surface area contributed by atoms with E-state index in [1.165, 1.54) is 6.07 Å². The third-order valence-electron chi connectivity index (χ3n) is 2.30. The fourth-order valence-corrected chi connectivity index (χ4v) is 1.70. The molecule has 0 radical (unpaired) electrons. The summed E-state index contributed by atoms with van der Waals surface area (Å²) in [6, 6.07) is 3.03. The summed E-state index contributed by atoms with van der Waals surface area (Å²) in [5.41, 5.74) is 0.590. The van der Waals surface area contributed by atoms with Gasteiger partial charge < -0.3 is 9.64 Å². The molecule has 0 aliphatic carbocycles. The topological polar surface area (TPSA) is 55.6 Å². The van der Waals surface area contributed by atoms with Crippen LogP contribution in [0.4, 0.5) is 11.4 Å². The van der Waals surface area contributed by atoms with Crippen molar-refractivity contribution in [3.05, 3.63) is 27.3 Å². The van der Waals surface area contributed by atoms with Crippen molar-refractivity contribution < 1.29 is 9.66 Å². The Labute approximate surface area is 111 Å². The number of benzene rings is 1. The van der Waals surface area contributed by atoms with Crippen molar-refractivity contribution in [1.82, 2.24) is 0 Å². The Hall–Kier alpha value is -1.49. The van der Waals surface area contributed by atoms with Gasteiger partial charge in [-0.15, -0.1) is 0 Å². The van der Waals surface area contributed by atoms with Gasteiger partial charge in [-0.25, -0.2) is 0 Å². The predicted molar refractivity (Wildman–Crippen MR) is 72.8 cm³/mol. The highest BCUT2D eigenvalue weighted by Gasteiger charge is 2.21. The summed E-state index contributed by atoms with van der Waals surface area (Å²) < 4.78 is 5.60. The van der Waals surface area contributed by atoms with Crippen LogP contribution in [0.25, 0.3) is 0 Å². The second-order valence-electron chi connectivity index (χ2n) is 4.60. The summed E-state index contributed by atoms with van der Waals surface area (Å²) in [5.74, 6) is 0.680. The maximum atomic E-state index is 10.8. The molecule has 0 bridgehead atoms. The second kappa shape index (κ2) is 5.91. The highest BCUT2D eigenvalue weighted by atomic mass is 35.5. The van der Waals surface area contributed by atoms with E-state index in [9.17, 15) is 10.1 Å². The number of nitrogens with zero attached hydrogens (tertiary/aromatic N) is 2. The molecule has 100 valence electrons. The third kappa shape index (κ3) is 3.26. The van der Waals surface area contributed by atoms with E-state index in [2.05, 4.69) is 0 Å². The van der Waals surface area contributed by atoms with E-state index in [4.69, 9.17) is 16.3 Å². The first-order valence-corrected chi connectivity index (χ1v) is 5.99. The molecule has 1 aromatic carbocycles. The summed E-state index contributed by atoms with van der Waals surface area (Å²) in [4.78, 5) is 12.1. The molecule has 0 spiro atoms. The van der Waals surface area contributed by atoms with Gasteiger partial charge >= 0.3 is 0 Å². The maximum Gasteiger partial charge on any atom is 0.291 e. The molecule has 0 unspecified atom stereocenters. The number of nitro groups is 1. The lowest BCUT2D eigenvalue weighted by molar-refractivity contribution is -0.384. The van der Waals surface area contributed by atoms with Gasteiger partial charge in [0.1, 0.15) is 0 Å². The van der Waals surface area contributed by atoms with Crippen LogP contribution in [0.1, 0.15) is 13.8 Å². The number of hydrogen-bond acceptors (Lipinski definition) is 4. The van der Waals surface area contributed by atoms with Gasteiger partial charge in [0.15, 0.2) is 10.8 Å². The van der Waals surface area contributed by atoms with Gasteiger partial charge in [0.25, 0.3) is 5.69 Å². The monoisotopic (exact) mass is 272 g/mol. The Kier molecular flexibility index (Phi) is 4.78. The molecular formula is C12H17ClN2O3. The number of anilines is 1. The molecule has 0 N–H and O–H groups in total. The van der Waals surface area contributed by atoms with Crippen molar-refractivity contribution in [2.75, 3.05) is 25.6 Å². The Bertz CT molecular complexity index is 447. The van der Waals surface area contributed by atoms with Crippen LogP contribution in [0.5, 0.6) is 5.75 Å². The van der Waals surface area contributed by atoms with Gasteiger partial charge in [-0.05, 0) is 12.0 Å². The first-order chi connectivity index (χ1) is 8.34. The van der Waals surface area contributed by atoms with Gasteiger partial charge in [0.2, 0.25) is 0 Å². The van der Waals surface area contributed by atoms with Gasteiger partial charge in [0, 0.05) is 20.2 Å². The summed E-state index contributed by atoms with van der Waals surface area (Å²) in [6.07, 6.45) is 0. The van der Waals surface area contributed by atoms with E-state index in [1.807, 2.05) is 32.8 Å². The molecule has 6 heteroatoms. The minimum atomic E-state index is -0.510. The largest absolute Gasteiger partial charge is 0.489 e. The Morgan fingerprint density at radius 3 is 2.50 bits per heavy atom. The van der Waals surface area contributed by atoms with E-state index in [0.29, 0.717) is 18.3 Å². The van der Waals surface area contributed by atoms with E-state index in [0.717, 1.165) is 5.69 Å². The number of rotatable bonds is 5. The SMILES string of the molecule is CC(C)COc1c(N(C)C)ccc([N+](=O)[O-])c1Cl. The van der Waals surface area contributed by atoms with Crippen molar-refractivity contribution in [1.29, 1.82) is 0 Å². The molecule has 0 heterocycles. The molecule has 0 atom stereocenters. The predicted octanol–water partition coefficient (Wildman–Crippen LogP) is 3.35. The van der Waals surface area contributed by atoms with Crippen LogP contribution in [-0.4, -0.2) is 25.6 Å². The summed E-state index contributed by atoms with van der Waals surface area (Å²) >= 11 is 6.04.